The van der Waals surface area contributed by atoms with Crippen LogP contribution in [0.1, 0.15) is 25.6 Å². The normalized spacial score (nSPS) is 14.9. The standard InChI is InChI=1S/C14H24FN3O/c1-10(2)14(13-6-5-11(15)7-16-13)17-8-12(19)9-18(3)4/h5-7,10,12,14,17,19H,8-9H2,1-4H3. The fraction of sp³-hybridized carbons (Fsp3) is 0.643. The first-order valence-electron chi connectivity index (χ1n) is 6.57. The molecule has 0 amide bonds. The molecule has 108 valence electrons. The van der Waals surface area contributed by atoms with Crippen LogP contribution in [0.2, 0.25) is 0 Å². The molecular formula is C14H24FN3O. The third-order valence-electron chi connectivity index (χ3n) is 2.88. The highest BCUT2D eigenvalue weighted by Gasteiger charge is 2.18. The zero-order chi connectivity index (χ0) is 14.4. The van der Waals surface area contributed by atoms with Crippen LogP contribution in [-0.2, 0) is 0 Å². The Morgan fingerprint density at radius 2 is 2.05 bits per heavy atom. The summed E-state index contributed by atoms with van der Waals surface area (Å²) in [5.74, 6) is -0.0246. The van der Waals surface area contributed by atoms with Crippen molar-refractivity contribution in [3.8, 4) is 0 Å². The van der Waals surface area contributed by atoms with Crippen LogP contribution in [0, 0.1) is 11.7 Å². The van der Waals surface area contributed by atoms with Crippen molar-refractivity contribution in [1.82, 2.24) is 15.2 Å². The van der Waals surface area contributed by atoms with Crippen LogP contribution in [-0.4, -0.2) is 48.3 Å². The summed E-state index contributed by atoms with van der Waals surface area (Å²) in [5.41, 5.74) is 0.799. The molecule has 5 heteroatoms. The van der Waals surface area contributed by atoms with Gasteiger partial charge in [0.25, 0.3) is 0 Å². The Hall–Kier alpha value is -1.04. The van der Waals surface area contributed by atoms with Crippen molar-refractivity contribution in [2.24, 2.45) is 5.92 Å². The second-order valence-corrected chi connectivity index (χ2v) is 5.45. The Labute approximate surface area is 114 Å². The van der Waals surface area contributed by atoms with Gasteiger partial charge in [0.05, 0.1) is 24.0 Å². The van der Waals surface area contributed by atoms with Crippen LogP contribution in [0.5, 0.6) is 0 Å². The minimum Gasteiger partial charge on any atom is -0.390 e. The van der Waals surface area contributed by atoms with E-state index in [0.29, 0.717) is 19.0 Å². The number of pyridine rings is 1. The van der Waals surface area contributed by atoms with Crippen molar-refractivity contribution >= 4 is 0 Å². The summed E-state index contributed by atoms with van der Waals surface area (Å²) in [6.07, 6.45) is 0.791. The lowest BCUT2D eigenvalue weighted by Gasteiger charge is -2.24. The minimum absolute atomic E-state index is 0.0115. The summed E-state index contributed by atoms with van der Waals surface area (Å²) in [6.45, 7) is 5.23. The van der Waals surface area contributed by atoms with Gasteiger partial charge in [0, 0.05) is 13.1 Å². The molecular weight excluding hydrogens is 245 g/mol. The maximum absolute atomic E-state index is 12.9. The molecule has 1 heterocycles. The van der Waals surface area contributed by atoms with Crippen LogP contribution in [0.25, 0.3) is 0 Å². The predicted octanol–water partition coefficient (Wildman–Crippen LogP) is 1.43. The SMILES string of the molecule is CC(C)C(NCC(O)CN(C)C)c1ccc(F)cn1. The third kappa shape index (κ3) is 5.63. The van der Waals surface area contributed by atoms with E-state index in [0.717, 1.165) is 5.69 Å². The number of rotatable bonds is 7. The van der Waals surface area contributed by atoms with E-state index in [1.54, 1.807) is 6.07 Å². The summed E-state index contributed by atoms with van der Waals surface area (Å²) in [4.78, 5) is 6.05. The molecule has 19 heavy (non-hydrogen) atoms. The van der Waals surface area contributed by atoms with Crippen LogP contribution in [0.3, 0.4) is 0 Å². The van der Waals surface area contributed by atoms with E-state index < -0.39 is 6.10 Å². The Balaban J connectivity index is 2.61. The molecule has 0 fully saturated rings. The molecule has 0 saturated carbocycles. The van der Waals surface area contributed by atoms with Crippen molar-refractivity contribution in [1.29, 1.82) is 0 Å². The summed E-state index contributed by atoms with van der Waals surface area (Å²) >= 11 is 0. The smallest absolute Gasteiger partial charge is 0.141 e. The predicted molar refractivity (Wildman–Crippen MR) is 74.3 cm³/mol. The van der Waals surface area contributed by atoms with E-state index in [4.69, 9.17) is 0 Å². The number of aliphatic hydroxyl groups excluding tert-OH is 1. The number of hydrogen-bond acceptors (Lipinski definition) is 4. The summed E-state index contributed by atoms with van der Waals surface area (Å²) < 4.78 is 12.9. The monoisotopic (exact) mass is 269 g/mol. The van der Waals surface area contributed by atoms with Crippen molar-refractivity contribution < 1.29 is 9.50 Å². The van der Waals surface area contributed by atoms with Gasteiger partial charge in [-0.1, -0.05) is 13.8 Å². The van der Waals surface area contributed by atoms with Crippen LogP contribution >= 0.6 is 0 Å². The zero-order valence-corrected chi connectivity index (χ0v) is 12.1. The second kappa shape index (κ2) is 7.53. The van der Waals surface area contributed by atoms with Crippen molar-refractivity contribution in [2.45, 2.75) is 26.0 Å². The highest BCUT2D eigenvalue weighted by molar-refractivity contribution is 5.10. The van der Waals surface area contributed by atoms with E-state index in [2.05, 4.69) is 24.1 Å². The van der Waals surface area contributed by atoms with Gasteiger partial charge < -0.3 is 15.3 Å². The van der Waals surface area contributed by atoms with Gasteiger partial charge in [0.2, 0.25) is 0 Å². The molecule has 0 aliphatic rings. The second-order valence-electron chi connectivity index (χ2n) is 5.45. The van der Waals surface area contributed by atoms with Crippen LogP contribution in [0.15, 0.2) is 18.3 Å². The molecule has 0 spiro atoms. The topological polar surface area (TPSA) is 48.4 Å². The number of aromatic nitrogens is 1. The van der Waals surface area contributed by atoms with Crippen LogP contribution < -0.4 is 5.32 Å². The first-order valence-corrected chi connectivity index (χ1v) is 6.57. The first-order chi connectivity index (χ1) is 8.90. The highest BCUT2D eigenvalue weighted by atomic mass is 19.1. The van der Waals surface area contributed by atoms with Gasteiger partial charge in [-0.2, -0.15) is 0 Å². The molecule has 0 radical (unpaired) electrons. The van der Waals surface area contributed by atoms with Gasteiger partial charge in [0.15, 0.2) is 0 Å². The van der Waals surface area contributed by atoms with Gasteiger partial charge in [-0.05, 0) is 32.1 Å². The molecule has 0 aromatic carbocycles. The van der Waals surface area contributed by atoms with E-state index >= 15 is 0 Å². The van der Waals surface area contributed by atoms with Crippen LogP contribution in [0.4, 0.5) is 4.39 Å². The highest BCUT2D eigenvalue weighted by Crippen LogP contribution is 2.19. The Morgan fingerprint density at radius 1 is 1.37 bits per heavy atom. The molecule has 4 nitrogen and oxygen atoms in total. The molecule has 1 aromatic rings. The Bertz CT molecular complexity index is 367. The van der Waals surface area contributed by atoms with Crippen molar-refractivity contribution in [3.63, 3.8) is 0 Å². The minimum atomic E-state index is -0.434. The van der Waals surface area contributed by atoms with Gasteiger partial charge in [-0.25, -0.2) is 4.39 Å². The van der Waals surface area contributed by atoms with E-state index in [1.165, 1.54) is 12.3 Å². The van der Waals surface area contributed by atoms with Crippen molar-refractivity contribution in [3.05, 3.63) is 29.8 Å². The van der Waals surface area contributed by atoms with E-state index in [1.807, 2.05) is 19.0 Å². The van der Waals surface area contributed by atoms with E-state index in [-0.39, 0.29) is 11.9 Å². The molecule has 0 saturated heterocycles. The maximum Gasteiger partial charge on any atom is 0.141 e. The Kier molecular flexibility index (Phi) is 6.34. The molecule has 2 unspecified atom stereocenters. The largest absolute Gasteiger partial charge is 0.390 e. The molecule has 1 aromatic heterocycles. The first kappa shape index (κ1) is 16.0. The molecule has 0 aliphatic heterocycles. The quantitative estimate of drug-likeness (QED) is 0.786. The summed E-state index contributed by atoms with van der Waals surface area (Å²) in [5, 5.41) is 13.2. The lowest BCUT2D eigenvalue weighted by atomic mass is 10.00. The maximum atomic E-state index is 12.9. The fourth-order valence-electron chi connectivity index (χ4n) is 2.00. The lowest BCUT2D eigenvalue weighted by molar-refractivity contribution is 0.128. The Morgan fingerprint density at radius 3 is 2.53 bits per heavy atom. The molecule has 1 rings (SSSR count). The molecule has 2 atom stereocenters. The summed E-state index contributed by atoms with van der Waals surface area (Å²) in [6, 6.07) is 3.11. The average molecular weight is 269 g/mol. The fourth-order valence-corrected chi connectivity index (χ4v) is 2.00. The number of aliphatic hydroxyl groups is 1. The zero-order valence-electron chi connectivity index (χ0n) is 12.1. The van der Waals surface area contributed by atoms with Gasteiger partial charge in [-0.3, -0.25) is 4.98 Å². The third-order valence-corrected chi connectivity index (χ3v) is 2.88. The molecule has 0 bridgehead atoms. The van der Waals surface area contributed by atoms with Gasteiger partial charge in [0.1, 0.15) is 5.82 Å². The number of likely N-dealkylation sites (N-methyl/N-ethyl adjacent to an activating group) is 1. The number of nitrogens with zero attached hydrogens (tertiary/aromatic N) is 2. The lowest BCUT2D eigenvalue weighted by Crippen LogP contribution is -2.38. The van der Waals surface area contributed by atoms with Gasteiger partial charge in [-0.15, -0.1) is 0 Å². The molecule has 0 aliphatic carbocycles. The number of nitrogens with one attached hydrogen (secondary N) is 1. The summed E-state index contributed by atoms with van der Waals surface area (Å²) in [7, 11) is 3.84. The van der Waals surface area contributed by atoms with E-state index in [9.17, 15) is 9.50 Å². The molecule has 2 N–H and O–H groups in total. The van der Waals surface area contributed by atoms with Gasteiger partial charge >= 0.3 is 0 Å². The number of hydrogen-bond donors (Lipinski definition) is 2. The average Bonchev–Trinajstić information content (AvgIpc) is 2.30. The van der Waals surface area contributed by atoms with Crippen molar-refractivity contribution in [2.75, 3.05) is 27.2 Å². The number of halogens is 1.